The lowest BCUT2D eigenvalue weighted by atomic mass is 9.83. The molecule has 1 aromatic carbocycles. The van der Waals surface area contributed by atoms with Crippen molar-refractivity contribution in [2.24, 2.45) is 5.92 Å². The van der Waals surface area contributed by atoms with E-state index in [1.807, 2.05) is 31.2 Å². The van der Waals surface area contributed by atoms with Crippen LogP contribution in [0.2, 0.25) is 5.02 Å². The van der Waals surface area contributed by atoms with Crippen molar-refractivity contribution >= 4 is 23.5 Å². The van der Waals surface area contributed by atoms with E-state index >= 15 is 0 Å². The second kappa shape index (κ2) is 7.14. The molecule has 2 saturated carbocycles. The zero-order chi connectivity index (χ0) is 17.2. The maximum absolute atomic E-state index is 12.9. The van der Waals surface area contributed by atoms with E-state index in [9.17, 15) is 9.59 Å². The summed E-state index contributed by atoms with van der Waals surface area (Å²) in [6, 6.07) is 7.39. The van der Waals surface area contributed by atoms with E-state index in [2.05, 4.69) is 5.32 Å². The van der Waals surface area contributed by atoms with E-state index in [1.165, 1.54) is 0 Å². The van der Waals surface area contributed by atoms with Crippen LogP contribution in [0.15, 0.2) is 24.3 Å². The fourth-order valence-electron chi connectivity index (χ4n) is 3.68. The first kappa shape index (κ1) is 17.3. The van der Waals surface area contributed by atoms with Gasteiger partial charge in [0.1, 0.15) is 0 Å². The fraction of sp³-hybridized carbons (Fsp3) is 0.579. The molecule has 2 aliphatic rings. The van der Waals surface area contributed by atoms with Crippen LogP contribution in [0.5, 0.6) is 0 Å². The molecule has 2 atom stereocenters. The number of halogens is 1. The topological polar surface area (TPSA) is 55.4 Å². The van der Waals surface area contributed by atoms with Gasteiger partial charge < -0.3 is 10.1 Å². The number of hydrogen-bond donors (Lipinski definition) is 1. The molecule has 0 bridgehead atoms. The third kappa shape index (κ3) is 3.44. The summed E-state index contributed by atoms with van der Waals surface area (Å²) in [6.07, 6.45) is 5.37. The Morgan fingerprint density at radius 2 is 1.88 bits per heavy atom. The van der Waals surface area contributed by atoms with Crippen LogP contribution in [0, 0.1) is 5.92 Å². The monoisotopic (exact) mass is 349 g/mol. The average molecular weight is 350 g/mol. The molecule has 1 amide bonds. The standard InChI is InChI=1S/C19H24ClNO3/c1-2-24-17(22)15-5-3-4-6-16(15)21-18(23)19(11-12-19)13-7-9-14(20)10-8-13/h7-10,15-16H,2-6,11-12H2,1H3,(H,21,23)/t15-,16-/m1/s1. The Balaban J connectivity index is 1.71. The molecule has 4 nitrogen and oxygen atoms in total. The number of nitrogens with one attached hydrogen (secondary N) is 1. The first-order chi connectivity index (χ1) is 11.6. The highest BCUT2D eigenvalue weighted by atomic mass is 35.5. The van der Waals surface area contributed by atoms with Crippen molar-refractivity contribution in [3.05, 3.63) is 34.9 Å². The van der Waals surface area contributed by atoms with E-state index in [0.29, 0.717) is 11.6 Å². The van der Waals surface area contributed by atoms with Gasteiger partial charge in [-0.1, -0.05) is 36.6 Å². The van der Waals surface area contributed by atoms with Crippen LogP contribution in [0.3, 0.4) is 0 Å². The Bertz CT molecular complexity index is 610. The van der Waals surface area contributed by atoms with Crippen molar-refractivity contribution in [3.63, 3.8) is 0 Å². The molecule has 130 valence electrons. The van der Waals surface area contributed by atoms with Crippen LogP contribution in [-0.2, 0) is 19.7 Å². The van der Waals surface area contributed by atoms with Crippen LogP contribution in [0.1, 0.15) is 51.0 Å². The van der Waals surface area contributed by atoms with E-state index in [-0.39, 0.29) is 23.8 Å². The molecule has 0 aromatic heterocycles. The predicted octanol–water partition coefficient (Wildman–Crippen LogP) is 3.61. The summed E-state index contributed by atoms with van der Waals surface area (Å²) in [7, 11) is 0. The fourth-order valence-corrected chi connectivity index (χ4v) is 3.81. The molecule has 24 heavy (non-hydrogen) atoms. The Morgan fingerprint density at radius 3 is 2.50 bits per heavy atom. The number of carbonyl (C=O) groups excluding carboxylic acids is 2. The van der Waals surface area contributed by atoms with Crippen LogP contribution < -0.4 is 5.32 Å². The molecular formula is C19H24ClNO3. The third-order valence-electron chi connectivity index (χ3n) is 5.25. The summed E-state index contributed by atoms with van der Waals surface area (Å²) >= 11 is 5.95. The van der Waals surface area contributed by atoms with Gasteiger partial charge in [-0.3, -0.25) is 9.59 Å². The number of rotatable bonds is 5. The first-order valence-corrected chi connectivity index (χ1v) is 9.18. The van der Waals surface area contributed by atoms with Gasteiger partial charge in [0.25, 0.3) is 0 Å². The molecule has 2 fully saturated rings. The Hall–Kier alpha value is -1.55. The SMILES string of the molecule is CCOC(=O)[C@@H]1CCCC[C@H]1NC(=O)C1(c2ccc(Cl)cc2)CC1. The van der Waals surface area contributed by atoms with E-state index in [0.717, 1.165) is 44.1 Å². The average Bonchev–Trinajstić information content (AvgIpc) is 3.38. The first-order valence-electron chi connectivity index (χ1n) is 8.80. The summed E-state index contributed by atoms with van der Waals surface area (Å²) < 4.78 is 5.19. The zero-order valence-corrected chi connectivity index (χ0v) is 14.8. The molecule has 1 N–H and O–H groups in total. The summed E-state index contributed by atoms with van der Waals surface area (Å²) in [5, 5.41) is 3.82. The van der Waals surface area contributed by atoms with Crippen LogP contribution >= 0.6 is 11.6 Å². The molecule has 5 heteroatoms. The molecular weight excluding hydrogens is 326 g/mol. The van der Waals surface area contributed by atoms with Gasteiger partial charge in [-0.05, 0) is 50.3 Å². The minimum atomic E-state index is -0.443. The van der Waals surface area contributed by atoms with Gasteiger partial charge in [0.2, 0.25) is 5.91 Å². The number of hydrogen-bond acceptors (Lipinski definition) is 3. The molecule has 0 saturated heterocycles. The summed E-state index contributed by atoms with van der Waals surface area (Å²) in [4.78, 5) is 25.1. The molecule has 0 aliphatic heterocycles. The van der Waals surface area contributed by atoms with Crippen LogP contribution in [-0.4, -0.2) is 24.5 Å². The van der Waals surface area contributed by atoms with E-state index < -0.39 is 5.41 Å². The van der Waals surface area contributed by atoms with Gasteiger partial charge in [0.05, 0.1) is 17.9 Å². The Labute approximate surface area is 147 Å². The molecule has 0 heterocycles. The number of amides is 1. The summed E-state index contributed by atoms with van der Waals surface area (Å²) in [5.41, 5.74) is 0.564. The lowest BCUT2D eigenvalue weighted by molar-refractivity contribution is -0.150. The Kier molecular flexibility index (Phi) is 5.14. The highest BCUT2D eigenvalue weighted by molar-refractivity contribution is 6.30. The second-order valence-electron chi connectivity index (χ2n) is 6.81. The van der Waals surface area contributed by atoms with Gasteiger partial charge in [0.15, 0.2) is 0 Å². The number of benzene rings is 1. The number of esters is 1. The van der Waals surface area contributed by atoms with Gasteiger partial charge >= 0.3 is 5.97 Å². The molecule has 0 unspecified atom stereocenters. The minimum absolute atomic E-state index is 0.0334. The van der Waals surface area contributed by atoms with Crippen molar-refractivity contribution in [1.82, 2.24) is 5.32 Å². The van der Waals surface area contributed by atoms with E-state index in [4.69, 9.17) is 16.3 Å². The highest BCUT2D eigenvalue weighted by Crippen LogP contribution is 2.49. The predicted molar refractivity (Wildman–Crippen MR) is 92.9 cm³/mol. The smallest absolute Gasteiger partial charge is 0.311 e. The summed E-state index contributed by atoms with van der Waals surface area (Å²) in [6.45, 7) is 2.19. The minimum Gasteiger partial charge on any atom is -0.466 e. The molecule has 1 aromatic rings. The van der Waals surface area contributed by atoms with Crippen LogP contribution in [0.4, 0.5) is 0 Å². The second-order valence-corrected chi connectivity index (χ2v) is 7.25. The molecule has 0 spiro atoms. The normalized spacial score (nSPS) is 24.9. The quantitative estimate of drug-likeness (QED) is 0.826. The number of carbonyl (C=O) groups is 2. The van der Waals surface area contributed by atoms with Crippen molar-refractivity contribution in [2.75, 3.05) is 6.61 Å². The van der Waals surface area contributed by atoms with Crippen molar-refractivity contribution in [3.8, 4) is 0 Å². The van der Waals surface area contributed by atoms with Crippen molar-refractivity contribution in [2.45, 2.75) is 56.9 Å². The lowest BCUT2D eigenvalue weighted by Gasteiger charge is -2.32. The lowest BCUT2D eigenvalue weighted by Crippen LogP contribution is -2.48. The zero-order valence-electron chi connectivity index (χ0n) is 14.0. The van der Waals surface area contributed by atoms with Gasteiger partial charge in [0, 0.05) is 11.1 Å². The Morgan fingerprint density at radius 1 is 1.21 bits per heavy atom. The van der Waals surface area contributed by atoms with Gasteiger partial charge in [-0.25, -0.2) is 0 Å². The number of ether oxygens (including phenoxy) is 1. The van der Waals surface area contributed by atoms with Gasteiger partial charge in [-0.2, -0.15) is 0 Å². The van der Waals surface area contributed by atoms with Crippen LogP contribution in [0.25, 0.3) is 0 Å². The van der Waals surface area contributed by atoms with Crippen molar-refractivity contribution in [1.29, 1.82) is 0 Å². The molecule has 2 aliphatic carbocycles. The molecule has 3 rings (SSSR count). The third-order valence-corrected chi connectivity index (χ3v) is 5.51. The maximum atomic E-state index is 12.9. The molecule has 0 radical (unpaired) electrons. The highest BCUT2D eigenvalue weighted by Gasteiger charge is 2.52. The van der Waals surface area contributed by atoms with Crippen molar-refractivity contribution < 1.29 is 14.3 Å². The maximum Gasteiger partial charge on any atom is 0.311 e. The summed E-state index contributed by atoms with van der Waals surface area (Å²) in [5.74, 6) is -0.367. The van der Waals surface area contributed by atoms with Gasteiger partial charge in [-0.15, -0.1) is 0 Å². The largest absolute Gasteiger partial charge is 0.466 e. The van der Waals surface area contributed by atoms with E-state index in [1.54, 1.807) is 0 Å².